The molecule has 3 atom stereocenters. The van der Waals surface area contributed by atoms with Gasteiger partial charge in [0.05, 0.1) is 17.6 Å². The van der Waals surface area contributed by atoms with Crippen molar-refractivity contribution in [1.82, 2.24) is 19.4 Å². The summed E-state index contributed by atoms with van der Waals surface area (Å²) in [6.45, 7) is 3.16. The number of nitrogens with zero attached hydrogens (tertiary/aromatic N) is 4. The number of hydrogen-bond donors (Lipinski definition) is 1. The van der Waals surface area contributed by atoms with Gasteiger partial charge in [0.25, 0.3) is 0 Å². The number of anilines is 1. The lowest BCUT2D eigenvalue weighted by Gasteiger charge is -2.32. The predicted octanol–water partition coefficient (Wildman–Crippen LogP) is 2.88. The molecule has 3 fully saturated rings. The third-order valence-corrected chi connectivity index (χ3v) is 6.57. The summed E-state index contributed by atoms with van der Waals surface area (Å²) in [7, 11) is 2.21. The highest BCUT2D eigenvalue weighted by molar-refractivity contribution is 5.90. The largest absolute Gasteiger partial charge is 0.383 e. The van der Waals surface area contributed by atoms with Gasteiger partial charge in [-0.25, -0.2) is 9.97 Å². The summed E-state index contributed by atoms with van der Waals surface area (Å²) in [4.78, 5) is 11.2. The van der Waals surface area contributed by atoms with E-state index in [-0.39, 0.29) is 12.3 Å². The fourth-order valence-corrected chi connectivity index (χ4v) is 5.02. The second kappa shape index (κ2) is 7.04. The second-order valence-electron chi connectivity index (χ2n) is 8.30. The zero-order valence-electron chi connectivity index (χ0n) is 16.0. The summed E-state index contributed by atoms with van der Waals surface area (Å²) >= 11 is 0. The van der Waals surface area contributed by atoms with E-state index in [9.17, 15) is 0 Å². The van der Waals surface area contributed by atoms with Gasteiger partial charge >= 0.3 is 0 Å². The van der Waals surface area contributed by atoms with Crippen LogP contribution in [-0.2, 0) is 9.47 Å². The molecule has 5 rings (SSSR count). The molecule has 0 aliphatic carbocycles. The van der Waals surface area contributed by atoms with Gasteiger partial charge in [0.1, 0.15) is 24.0 Å². The fraction of sp³-hybridized carbons (Fsp3) is 0.700. The van der Waals surface area contributed by atoms with Gasteiger partial charge < -0.3 is 24.7 Å². The minimum atomic E-state index is 0.0293. The summed E-state index contributed by atoms with van der Waals surface area (Å²) < 4.78 is 14.7. The topological polar surface area (TPSA) is 78.4 Å². The van der Waals surface area contributed by atoms with Gasteiger partial charge in [-0.2, -0.15) is 0 Å². The van der Waals surface area contributed by atoms with Crippen LogP contribution in [0, 0.1) is 5.92 Å². The number of rotatable bonds is 3. The molecule has 0 spiro atoms. The van der Waals surface area contributed by atoms with Crippen molar-refractivity contribution >= 4 is 16.9 Å². The number of likely N-dealkylation sites (tertiary alicyclic amines) is 1. The molecular formula is C20H29N5O2. The molecule has 3 unspecified atom stereocenters. The first-order valence-electron chi connectivity index (χ1n) is 10.3. The zero-order valence-corrected chi connectivity index (χ0v) is 16.0. The molecule has 3 aliphatic rings. The SMILES string of the molecule is CN1CCC(C2CCC(n3cc(C4CCCO4)c4c(N)ncnc43)O2)CC1. The van der Waals surface area contributed by atoms with Crippen LogP contribution >= 0.6 is 0 Å². The van der Waals surface area contributed by atoms with Crippen LogP contribution in [0.1, 0.15) is 56.4 Å². The molecule has 146 valence electrons. The lowest BCUT2D eigenvalue weighted by molar-refractivity contribution is -0.0357. The minimum absolute atomic E-state index is 0.0293. The first kappa shape index (κ1) is 17.4. The van der Waals surface area contributed by atoms with Crippen LogP contribution in [0.15, 0.2) is 12.5 Å². The van der Waals surface area contributed by atoms with Crippen molar-refractivity contribution in [3.8, 4) is 0 Å². The molecule has 2 aromatic heterocycles. The molecule has 2 N–H and O–H groups in total. The molecular weight excluding hydrogens is 342 g/mol. The molecule has 0 radical (unpaired) electrons. The van der Waals surface area contributed by atoms with E-state index in [1.54, 1.807) is 6.33 Å². The number of piperidine rings is 1. The van der Waals surface area contributed by atoms with E-state index in [1.807, 2.05) is 0 Å². The summed E-state index contributed by atoms with van der Waals surface area (Å²) in [6, 6.07) is 0. The van der Waals surface area contributed by atoms with Crippen molar-refractivity contribution in [3.05, 3.63) is 18.1 Å². The minimum Gasteiger partial charge on any atom is -0.383 e. The zero-order chi connectivity index (χ0) is 18.4. The number of nitrogen functional groups attached to an aromatic ring is 1. The van der Waals surface area contributed by atoms with Crippen LogP contribution < -0.4 is 5.73 Å². The van der Waals surface area contributed by atoms with Gasteiger partial charge in [-0.15, -0.1) is 0 Å². The van der Waals surface area contributed by atoms with E-state index >= 15 is 0 Å². The summed E-state index contributed by atoms with van der Waals surface area (Å²) in [5.74, 6) is 1.21. The highest BCUT2D eigenvalue weighted by Gasteiger charge is 2.35. The molecule has 7 nitrogen and oxygen atoms in total. The van der Waals surface area contributed by atoms with Gasteiger partial charge in [0, 0.05) is 18.4 Å². The lowest BCUT2D eigenvalue weighted by atomic mass is 9.90. The molecule has 0 amide bonds. The molecule has 0 aromatic carbocycles. The Hall–Kier alpha value is -1.70. The maximum atomic E-state index is 6.55. The molecule has 5 heterocycles. The Morgan fingerprint density at radius 1 is 1.11 bits per heavy atom. The van der Waals surface area contributed by atoms with Crippen LogP contribution in [0.25, 0.3) is 11.0 Å². The lowest BCUT2D eigenvalue weighted by Crippen LogP contribution is -2.35. The van der Waals surface area contributed by atoms with Crippen LogP contribution in [-0.4, -0.2) is 52.3 Å². The normalized spacial score (nSPS) is 30.5. The van der Waals surface area contributed by atoms with Crippen molar-refractivity contribution in [1.29, 1.82) is 0 Å². The van der Waals surface area contributed by atoms with E-state index in [1.165, 1.54) is 25.9 Å². The van der Waals surface area contributed by atoms with E-state index < -0.39 is 0 Å². The van der Waals surface area contributed by atoms with Crippen molar-refractivity contribution in [2.45, 2.75) is 57.0 Å². The van der Waals surface area contributed by atoms with Crippen LogP contribution in [0.3, 0.4) is 0 Å². The first-order chi connectivity index (χ1) is 13.2. The Labute approximate surface area is 159 Å². The summed E-state index contributed by atoms with van der Waals surface area (Å²) in [5.41, 5.74) is 8.22. The number of ether oxygens (including phenoxy) is 2. The maximum absolute atomic E-state index is 6.55. The molecule has 2 aromatic rings. The number of aromatic nitrogens is 3. The standard InChI is InChI=1S/C20H29N5O2/c1-24-8-6-13(7-9-24)15-4-5-17(27-15)25-11-14(16-3-2-10-26-16)18-19(21)22-12-23-20(18)25/h11-13,15-17H,2-10H2,1H3,(H2,21,22,23). The predicted molar refractivity (Wildman–Crippen MR) is 103 cm³/mol. The van der Waals surface area contributed by atoms with Crippen molar-refractivity contribution in [2.24, 2.45) is 5.92 Å². The number of nitrogens with two attached hydrogens (primary N) is 1. The maximum Gasteiger partial charge on any atom is 0.147 e. The third-order valence-electron chi connectivity index (χ3n) is 6.57. The summed E-state index contributed by atoms with van der Waals surface area (Å²) in [6.07, 6.45) is 10.9. The average molecular weight is 371 g/mol. The van der Waals surface area contributed by atoms with Crippen molar-refractivity contribution < 1.29 is 9.47 Å². The smallest absolute Gasteiger partial charge is 0.147 e. The molecule has 0 saturated carbocycles. The Kier molecular flexibility index (Phi) is 4.53. The first-order valence-corrected chi connectivity index (χ1v) is 10.3. The van der Waals surface area contributed by atoms with Gasteiger partial charge in [0.15, 0.2) is 0 Å². The molecule has 27 heavy (non-hydrogen) atoms. The highest BCUT2D eigenvalue weighted by Crippen LogP contribution is 2.41. The fourth-order valence-electron chi connectivity index (χ4n) is 5.02. The Morgan fingerprint density at radius 2 is 1.96 bits per heavy atom. The Bertz CT molecular complexity index is 808. The van der Waals surface area contributed by atoms with E-state index in [0.717, 1.165) is 48.9 Å². The summed E-state index contributed by atoms with van der Waals surface area (Å²) in [5, 5.41) is 0.941. The van der Waals surface area contributed by atoms with Crippen LogP contribution in [0.2, 0.25) is 0 Å². The molecule has 3 saturated heterocycles. The van der Waals surface area contributed by atoms with Crippen molar-refractivity contribution in [2.75, 3.05) is 32.5 Å². The van der Waals surface area contributed by atoms with E-state index in [2.05, 4.69) is 32.7 Å². The number of hydrogen-bond acceptors (Lipinski definition) is 6. The van der Waals surface area contributed by atoms with Crippen LogP contribution in [0.5, 0.6) is 0 Å². The van der Waals surface area contributed by atoms with Gasteiger partial charge in [-0.05, 0) is 64.6 Å². The Morgan fingerprint density at radius 3 is 2.74 bits per heavy atom. The highest BCUT2D eigenvalue weighted by atomic mass is 16.5. The second-order valence-corrected chi connectivity index (χ2v) is 8.30. The Balaban J connectivity index is 1.43. The average Bonchev–Trinajstić information content (AvgIpc) is 3.41. The van der Waals surface area contributed by atoms with Gasteiger partial charge in [-0.1, -0.05) is 0 Å². The number of fused-ring (bicyclic) bond motifs is 1. The quantitative estimate of drug-likeness (QED) is 0.894. The van der Waals surface area contributed by atoms with E-state index in [0.29, 0.717) is 17.8 Å². The van der Waals surface area contributed by atoms with Gasteiger partial charge in [0.2, 0.25) is 0 Å². The third kappa shape index (κ3) is 3.11. The molecule has 0 bridgehead atoms. The molecule has 3 aliphatic heterocycles. The molecule has 7 heteroatoms. The van der Waals surface area contributed by atoms with E-state index in [4.69, 9.17) is 15.2 Å². The van der Waals surface area contributed by atoms with Gasteiger partial charge in [-0.3, -0.25) is 0 Å². The monoisotopic (exact) mass is 371 g/mol. The van der Waals surface area contributed by atoms with Crippen molar-refractivity contribution in [3.63, 3.8) is 0 Å². The van der Waals surface area contributed by atoms with Crippen LogP contribution in [0.4, 0.5) is 5.82 Å².